The fraction of sp³-hybridized carbons (Fsp3) is 0.400. The summed E-state index contributed by atoms with van der Waals surface area (Å²) in [4.78, 5) is 14.7. The third-order valence-corrected chi connectivity index (χ3v) is 2.77. The van der Waals surface area contributed by atoms with Gasteiger partial charge in [-0.1, -0.05) is 6.07 Å². The highest BCUT2D eigenvalue weighted by molar-refractivity contribution is 5.87. The molecule has 3 nitrogen and oxygen atoms in total. The van der Waals surface area contributed by atoms with E-state index in [9.17, 15) is 13.6 Å². The van der Waals surface area contributed by atoms with Gasteiger partial charge in [-0.15, -0.1) is 0 Å². The van der Waals surface area contributed by atoms with E-state index in [1.54, 1.807) is 19.1 Å². The zero-order valence-electron chi connectivity index (χ0n) is 8.00. The lowest BCUT2D eigenvalue weighted by atomic mass is 9.97. The predicted molar refractivity (Wildman–Crippen MR) is 47.9 cm³/mol. The Morgan fingerprint density at radius 1 is 1.60 bits per heavy atom. The van der Waals surface area contributed by atoms with Gasteiger partial charge in [-0.2, -0.15) is 0 Å². The largest absolute Gasteiger partial charge is 0.480 e. The fourth-order valence-corrected chi connectivity index (χ4v) is 1.81. The number of aliphatic carboxylic acids is 1. The maximum Gasteiger partial charge on any atom is 0.322 e. The van der Waals surface area contributed by atoms with E-state index in [0.717, 1.165) is 0 Å². The SMILES string of the molecule is Cc1cccnc1C1(C(=O)O)CC1(F)F. The van der Waals surface area contributed by atoms with Crippen molar-refractivity contribution in [3.05, 3.63) is 29.6 Å². The Labute approximate surface area is 84.8 Å². The van der Waals surface area contributed by atoms with Gasteiger partial charge in [0.05, 0.1) is 5.69 Å². The molecule has 0 radical (unpaired) electrons. The van der Waals surface area contributed by atoms with Crippen molar-refractivity contribution < 1.29 is 18.7 Å². The van der Waals surface area contributed by atoms with Gasteiger partial charge >= 0.3 is 5.97 Å². The number of aryl methyl sites for hydroxylation is 1. The molecule has 0 saturated heterocycles. The fourth-order valence-electron chi connectivity index (χ4n) is 1.81. The van der Waals surface area contributed by atoms with E-state index in [4.69, 9.17) is 5.11 Å². The van der Waals surface area contributed by atoms with Gasteiger partial charge in [0.2, 0.25) is 0 Å². The number of nitrogens with zero attached hydrogens (tertiary/aromatic N) is 1. The molecule has 1 fully saturated rings. The molecule has 1 saturated carbocycles. The van der Waals surface area contributed by atoms with Crippen molar-refractivity contribution in [3.63, 3.8) is 0 Å². The first kappa shape index (κ1) is 10.0. The second-order valence-corrected chi connectivity index (χ2v) is 3.76. The van der Waals surface area contributed by atoms with Gasteiger partial charge in [0.25, 0.3) is 5.92 Å². The van der Waals surface area contributed by atoms with E-state index in [1.807, 2.05) is 0 Å². The molecule has 5 heteroatoms. The van der Waals surface area contributed by atoms with E-state index in [1.165, 1.54) is 6.20 Å². The van der Waals surface area contributed by atoms with Gasteiger partial charge in [-0.25, -0.2) is 8.78 Å². The van der Waals surface area contributed by atoms with Crippen LogP contribution < -0.4 is 0 Å². The molecule has 0 bridgehead atoms. The highest BCUT2D eigenvalue weighted by Crippen LogP contribution is 2.61. The number of hydrogen-bond donors (Lipinski definition) is 1. The Hall–Kier alpha value is -1.52. The van der Waals surface area contributed by atoms with Gasteiger partial charge in [0.1, 0.15) is 0 Å². The molecule has 80 valence electrons. The van der Waals surface area contributed by atoms with Gasteiger partial charge in [0, 0.05) is 12.6 Å². The topological polar surface area (TPSA) is 50.2 Å². The van der Waals surface area contributed by atoms with E-state index in [2.05, 4.69) is 4.98 Å². The van der Waals surface area contributed by atoms with Gasteiger partial charge in [0.15, 0.2) is 5.41 Å². The van der Waals surface area contributed by atoms with Crippen LogP contribution in [0.1, 0.15) is 17.7 Å². The smallest absolute Gasteiger partial charge is 0.322 e. The molecule has 1 heterocycles. The summed E-state index contributed by atoms with van der Waals surface area (Å²) in [7, 11) is 0. The van der Waals surface area contributed by atoms with Crippen LogP contribution in [-0.2, 0) is 10.2 Å². The summed E-state index contributed by atoms with van der Waals surface area (Å²) in [5.41, 5.74) is -1.64. The van der Waals surface area contributed by atoms with Crippen LogP contribution >= 0.6 is 0 Å². The van der Waals surface area contributed by atoms with Gasteiger partial charge in [-0.3, -0.25) is 9.78 Å². The average molecular weight is 213 g/mol. The van der Waals surface area contributed by atoms with Crippen LogP contribution in [0.15, 0.2) is 18.3 Å². The lowest BCUT2D eigenvalue weighted by molar-refractivity contribution is -0.143. The highest BCUT2D eigenvalue weighted by atomic mass is 19.3. The Balaban J connectivity index is 2.55. The minimum Gasteiger partial charge on any atom is -0.480 e. The first-order valence-electron chi connectivity index (χ1n) is 4.45. The second-order valence-electron chi connectivity index (χ2n) is 3.76. The van der Waals surface area contributed by atoms with Crippen molar-refractivity contribution in [2.75, 3.05) is 0 Å². The summed E-state index contributed by atoms with van der Waals surface area (Å²) in [6, 6.07) is 3.18. The molecule has 1 unspecified atom stereocenters. The van der Waals surface area contributed by atoms with Crippen LogP contribution in [0.5, 0.6) is 0 Å². The van der Waals surface area contributed by atoms with Crippen molar-refractivity contribution in [1.29, 1.82) is 0 Å². The lowest BCUT2D eigenvalue weighted by Gasteiger charge is -2.12. The molecule has 0 spiro atoms. The molecular formula is C10H9F2NO2. The monoisotopic (exact) mass is 213 g/mol. The molecule has 0 aliphatic heterocycles. The number of carboxylic acid groups (broad SMARTS) is 1. The highest BCUT2D eigenvalue weighted by Gasteiger charge is 2.78. The number of halogens is 2. The normalized spacial score (nSPS) is 27.4. The van der Waals surface area contributed by atoms with Crippen molar-refractivity contribution in [3.8, 4) is 0 Å². The lowest BCUT2D eigenvalue weighted by Crippen LogP contribution is -2.29. The number of carboxylic acids is 1. The van der Waals surface area contributed by atoms with E-state index < -0.39 is 23.7 Å². The van der Waals surface area contributed by atoms with Crippen LogP contribution in [-0.4, -0.2) is 22.0 Å². The maximum atomic E-state index is 13.1. The summed E-state index contributed by atoms with van der Waals surface area (Å²) in [6.07, 6.45) is 0.675. The summed E-state index contributed by atoms with van der Waals surface area (Å²) in [5, 5.41) is 8.90. The van der Waals surface area contributed by atoms with Crippen LogP contribution in [0.25, 0.3) is 0 Å². The molecule has 2 rings (SSSR count). The summed E-state index contributed by atoms with van der Waals surface area (Å²) in [5.74, 6) is -4.69. The molecule has 1 aromatic heterocycles. The van der Waals surface area contributed by atoms with Gasteiger partial charge < -0.3 is 5.11 Å². The number of carbonyl (C=O) groups is 1. The number of rotatable bonds is 2. The number of pyridine rings is 1. The zero-order valence-corrected chi connectivity index (χ0v) is 8.00. The Morgan fingerprint density at radius 3 is 2.60 bits per heavy atom. The van der Waals surface area contributed by atoms with Crippen LogP contribution in [0.3, 0.4) is 0 Å². The van der Waals surface area contributed by atoms with Crippen LogP contribution in [0.4, 0.5) is 8.78 Å². The molecule has 0 aromatic carbocycles. The van der Waals surface area contributed by atoms with Crippen molar-refractivity contribution in [2.45, 2.75) is 24.7 Å². The average Bonchev–Trinajstić information content (AvgIpc) is 2.71. The molecule has 1 aliphatic carbocycles. The standard InChI is InChI=1S/C10H9F2NO2/c1-6-3-2-4-13-7(6)9(8(14)15)5-10(9,11)12/h2-4H,5H2,1H3,(H,14,15). The molecule has 1 aliphatic rings. The Morgan fingerprint density at radius 2 is 2.20 bits per heavy atom. The zero-order chi connectivity index (χ0) is 11.3. The summed E-state index contributed by atoms with van der Waals surface area (Å²) in [6.45, 7) is 1.58. The summed E-state index contributed by atoms with van der Waals surface area (Å²) >= 11 is 0. The number of alkyl halides is 2. The third-order valence-electron chi connectivity index (χ3n) is 2.77. The third kappa shape index (κ3) is 1.15. The predicted octanol–water partition coefficient (Wildman–Crippen LogP) is 1.75. The molecule has 1 atom stereocenters. The van der Waals surface area contributed by atoms with Crippen molar-refractivity contribution in [2.24, 2.45) is 0 Å². The first-order chi connectivity index (χ1) is 6.92. The van der Waals surface area contributed by atoms with Gasteiger partial charge in [-0.05, 0) is 18.6 Å². The minimum atomic E-state index is -3.18. The van der Waals surface area contributed by atoms with Crippen molar-refractivity contribution in [1.82, 2.24) is 4.98 Å². The molecule has 1 N–H and O–H groups in total. The minimum absolute atomic E-state index is 0.0255. The second kappa shape index (κ2) is 2.74. The molecule has 1 aromatic rings. The summed E-state index contributed by atoms with van der Waals surface area (Å²) < 4.78 is 26.3. The first-order valence-corrected chi connectivity index (χ1v) is 4.45. The van der Waals surface area contributed by atoms with E-state index in [-0.39, 0.29) is 5.69 Å². The quantitative estimate of drug-likeness (QED) is 0.814. The Kier molecular flexibility index (Phi) is 1.83. The number of hydrogen-bond acceptors (Lipinski definition) is 2. The molecular weight excluding hydrogens is 204 g/mol. The molecule has 15 heavy (non-hydrogen) atoms. The van der Waals surface area contributed by atoms with Crippen LogP contribution in [0, 0.1) is 6.92 Å². The van der Waals surface area contributed by atoms with E-state index in [0.29, 0.717) is 5.56 Å². The van der Waals surface area contributed by atoms with Crippen LogP contribution in [0.2, 0.25) is 0 Å². The van der Waals surface area contributed by atoms with E-state index >= 15 is 0 Å². The number of aromatic nitrogens is 1. The maximum absolute atomic E-state index is 13.1. The van der Waals surface area contributed by atoms with Crippen molar-refractivity contribution >= 4 is 5.97 Å². The molecule has 0 amide bonds. The Bertz CT molecular complexity index is 433.